The van der Waals surface area contributed by atoms with Gasteiger partial charge in [-0.05, 0) is 56.3 Å². The molecular formula is C13H20O2. The third-order valence-electron chi connectivity index (χ3n) is 5.00. The van der Waals surface area contributed by atoms with E-state index in [1.165, 1.54) is 12.8 Å². The van der Waals surface area contributed by atoms with E-state index in [1.54, 1.807) is 0 Å². The third-order valence-corrected chi connectivity index (χ3v) is 5.00. The van der Waals surface area contributed by atoms with Crippen LogP contribution in [-0.4, -0.2) is 12.6 Å². The van der Waals surface area contributed by atoms with Crippen LogP contribution >= 0.6 is 0 Å². The first-order valence-electron chi connectivity index (χ1n) is 6.34. The molecule has 0 bridgehead atoms. The number of rotatable bonds is 2. The van der Waals surface area contributed by atoms with Crippen molar-refractivity contribution in [3.63, 3.8) is 0 Å². The first-order chi connectivity index (χ1) is 7.17. The van der Waals surface area contributed by atoms with E-state index in [0.29, 0.717) is 12.5 Å². The zero-order chi connectivity index (χ0) is 10.6. The molecule has 3 aliphatic carbocycles. The molecule has 0 aromatic heterocycles. The van der Waals surface area contributed by atoms with Crippen LogP contribution in [0.25, 0.3) is 0 Å². The highest BCUT2D eigenvalue weighted by Gasteiger charge is 2.70. The van der Waals surface area contributed by atoms with Crippen molar-refractivity contribution >= 4 is 5.97 Å². The van der Waals surface area contributed by atoms with Crippen LogP contribution in [0.3, 0.4) is 0 Å². The zero-order valence-corrected chi connectivity index (χ0v) is 9.66. The Morgan fingerprint density at radius 2 is 1.93 bits per heavy atom. The van der Waals surface area contributed by atoms with Crippen molar-refractivity contribution in [3.05, 3.63) is 0 Å². The van der Waals surface area contributed by atoms with Gasteiger partial charge in [0.25, 0.3) is 0 Å². The van der Waals surface area contributed by atoms with E-state index in [9.17, 15) is 4.79 Å². The monoisotopic (exact) mass is 208 g/mol. The van der Waals surface area contributed by atoms with Gasteiger partial charge in [0.2, 0.25) is 0 Å². The summed E-state index contributed by atoms with van der Waals surface area (Å²) in [7, 11) is 0. The maximum atomic E-state index is 11.9. The lowest BCUT2D eigenvalue weighted by Gasteiger charge is -2.69. The van der Waals surface area contributed by atoms with Crippen molar-refractivity contribution in [1.29, 1.82) is 0 Å². The Morgan fingerprint density at radius 1 is 1.33 bits per heavy atom. The molecule has 3 saturated carbocycles. The molecule has 3 aliphatic rings. The summed E-state index contributed by atoms with van der Waals surface area (Å²) in [5, 5.41) is 0. The number of ether oxygens (including phenoxy) is 1. The molecule has 0 saturated heterocycles. The van der Waals surface area contributed by atoms with Gasteiger partial charge in [0, 0.05) is 0 Å². The highest BCUT2D eigenvalue weighted by molar-refractivity contribution is 5.80. The molecule has 0 spiro atoms. The fourth-order valence-electron chi connectivity index (χ4n) is 4.68. The zero-order valence-electron chi connectivity index (χ0n) is 9.66. The summed E-state index contributed by atoms with van der Waals surface area (Å²) < 4.78 is 5.22. The van der Waals surface area contributed by atoms with Gasteiger partial charge in [0.1, 0.15) is 0 Å². The molecule has 2 heteroatoms. The van der Waals surface area contributed by atoms with Gasteiger partial charge in [-0.25, -0.2) is 0 Å². The number of carbonyl (C=O) groups is 1. The Kier molecular flexibility index (Phi) is 1.93. The lowest BCUT2D eigenvalue weighted by molar-refractivity contribution is -0.234. The standard InChI is InChI=1S/C13H20O2/c1-3-15-12(14)13-6-9-4-8(2)5-10(7-13)11(9)13/h8-11H,3-7H2,1-2H3. The van der Waals surface area contributed by atoms with Gasteiger partial charge in [0.15, 0.2) is 0 Å². The highest BCUT2D eigenvalue weighted by atomic mass is 16.5. The maximum absolute atomic E-state index is 11.9. The minimum Gasteiger partial charge on any atom is -0.466 e. The summed E-state index contributed by atoms with van der Waals surface area (Å²) in [4.78, 5) is 11.9. The average molecular weight is 208 g/mol. The second-order valence-corrected chi connectivity index (χ2v) is 5.91. The SMILES string of the molecule is CCOC(=O)C12CC3CC(C)CC(C1)C32. The molecule has 0 aromatic carbocycles. The summed E-state index contributed by atoms with van der Waals surface area (Å²) in [5.41, 5.74) is -0.00845. The number of hydrogen-bond donors (Lipinski definition) is 0. The van der Waals surface area contributed by atoms with Crippen LogP contribution in [0, 0.1) is 29.1 Å². The van der Waals surface area contributed by atoms with Crippen molar-refractivity contribution in [2.45, 2.75) is 39.5 Å². The molecule has 2 nitrogen and oxygen atoms in total. The minimum atomic E-state index is -0.00845. The van der Waals surface area contributed by atoms with Gasteiger partial charge >= 0.3 is 5.97 Å². The smallest absolute Gasteiger partial charge is 0.312 e. The summed E-state index contributed by atoms with van der Waals surface area (Å²) in [6.45, 7) is 4.81. The predicted octanol–water partition coefficient (Wildman–Crippen LogP) is 2.62. The normalized spacial score (nSPS) is 51.1. The predicted molar refractivity (Wildman–Crippen MR) is 57.2 cm³/mol. The fraction of sp³-hybridized carbons (Fsp3) is 0.923. The quantitative estimate of drug-likeness (QED) is 0.652. The van der Waals surface area contributed by atoms with Crippen LogP contribution in [0.4, 0.5) is 0 Å². The molecule has 0 aliphatic heterocycles. The molecule has 3 fully saturated rings. The molecule has 3 rings (SSSR count). The first kappa shape index (κ1) is 9.68. The van der Waals surface area contributed by atoms with E-state index in [2.05, 4.69) is 6.92 Å². The Labute approximate surface area is 91.4 Å². The van der Waals surface area contributed by atoms with Gasteiger partial charge in [-0.15, -0.1) is 0 Å². The van der Waals surface area contributed by atoms with E-state index in [4.69, 9.17) is 4.74 Å². The van der Waals surface area contributed by atoms with E-state index in [0.717, 1.165) is 30.6 Å². The number of esters is 1. The van der Waals surface area contributed by atoms with Crippen molar-refractivity contribution in [1.82, 2.24) is 0 Å². The van der Waals surface area contributed by atoms with Crippen LogP contribution in [0.1, 0.15) is 39.5 Å². The van der Waals surface area contributed by atoms with Gasteiger partial charge in [-0.2, -0.15) is 0 Å². The summed E-state index contributed by atoms with van der Waals surface area (Å²) in [5.74, 6) is 3.38. The molecule has 2 unspecified atom stereocenters. The molecule has 0 amide bonds. The summed E-state index contributed by atoms with van der Waals surface area (Å²) >= 11 is 0. The fourth-order valence-corrected chi connectivity index (χ4v) is 4.68. The largest absolute Gasteiger partial charge is 0.466 e. The Bertz CT molecular complexity index is 281. The molecule has 0 radical (unpaired) electrons. The molecule has 0 heterocycles. The second kappa shape index (κ2) is 2.99. The minimum absolute atomic E-state index is 0.00845. The average Bonchev–Trinajstić information content (AvgIpc) is 2.10. The Balaban J connectivity index is 1.72. The van der Waals surface area contributed by atoms with Gasteiger partial charge in [-0.3, -0.25) is 4.79 Å². The van der Waals surface area contributed by atoms with E-state index < -0.39 is 0 Å². The molecule has 2 atom stereocenters. The highest BCUT2D eigenvalue weighted by Crippen LogP contribution is 2.72. The maximum Gasteiger partial charge on any atom is 0.312 e. The lowest BCUT2D eigenvalue weighted by Crippen LogP contribution is -2.67. The van der Waals surface area contributed by atoms with Crippen molar-refractivity contribution in [2.75, 3.05) is 6.61 Å². The van der Waals surface area contributed by atoms with Crippen LogP contribution in [0.15, 0.2) is 0 Å². The molecular weight excluding hydrogens is 188 g/mol. The Morgan fingerprint density at radius 3 is 2.47 bits per heavy atom. The number of carbonyl (C=O) groups excluding carboxylic acids is 1. The first-order valence-corrected chi connectivity index (χ1v) is 6.34. The van der Waals surface area contributed by atoms with Crippen LogP contribution in [0.5, 0.6) is 0 Å². The second-order valence-electron chi connectivity index (χ2n) is 5.91. The van der Waals surface area contributed by atoms with Gasteiger partial charge < -0.3 is 4.74 Å². The van der Waals surface area contributed by atoms with Crippen LogP contribution in [-0.2, 0) is 9.53 Å². The van der Waals surface area contributed by atoms with Gasteiger partial charge in [0.05, 0.1) is 12.0 Å². The molecule has 84 valence electrons. The van der Waals surface area contributed by atoms with Crippen molar-refractivity contribution in [3.8, 4) is 0 Å². The van der Waals surface area contributed by atoms with Crippen LogP contribution in [0.2, 0.25) is 0 Å². The summed E-state index contributed by atoms with van der Waals surface area (Å²) in [6.07, 6.45) is 4.94. The van der Waals surface area contributed by atoms with Crippen molar-refractivity contribution in [2.24, 2.45) is 29.1 Å². The summed E-state index contributed by atoms with van der Waals surface area (Å²) in [6, 6.07) is 0. The van der Waals surface area contributed by atoms with E-state index in [1.807, 2.05) is 6.92 Å². The van der Waals surface area contributed by atoms with Gasteiger partial charge in [-0.1, -0.05) is 6.92 Å². The third kappa shape index (κ3) is 1.08. The Hall–Kier alpha value is -0.530. The molecule has 0 N–H and O–H groups in total. The molecule has 15 heavy (non-hydrogen) atoms. The van der Waals surface area contributed by atoms with Crippen LogP contribution < -0.4 is 0 Å². The number of hydrogen-bond acceptors (Lipinski definition) is 2. The van der Waals surface area contributed by atoms with E-state index >= 15 is 0 Å². The topological polar surface area (TPSA) is 26.3 Å². The molecule has 0 aromatic rings. The van der Waals surface area contributed by atoms with E-state index in [-0.39, 0.29) is 11.4 Å². The lowest BCUT2D eigenvalue weighted by atomic mass is 9.34. The van der Waals surface area contributed by atoms with Crippen molar-refractivity contribution < 1.29 is 9.53 Å².